The molecule has 0 fully saturated rings. The lowest BCUT2D eigenvalue weighted by molar-refractivity contribution is 0.0511. The van der Waals surface area contributed by atoms with Crippen LogP contribution in [0, 0.1) is 0 Å². The van der Waals surface area contributed by atoms with E-state index in [4.69, 9.17) is 24.7 Å². The lowest BCUT2D eigenvalue weighted by Crippen LogP contribution is -2.27. The smallest absolute Gasteiger partial charge is 0.251 e. The summed E-state index contributed by atoms with van der Waals surface area (Å²) in [6, 6.07) is 22.4. The summed E-state index contributed by atoms with van der Waals surface area (Å²) in [5.41, 5.74) is 7.79. The summed E-state index contributed by atoms with van der Waals surface area (Å²) >= 11 is 0. The van der Waals surface area contributed by atoms with Gasteiger partial charge in [-0.15, -0.1) is 0 Å². The maximum Gasteiger partial charge on any atom is 0.251 e. The highest BCUT2D eigenvalue weighted by Crippen LogP contribution is 2.21. The molecule has 0 bridgehead atoms. The van der Waals surface area contributed by atoms with Crippen molar-refractivity contribution in [3.8, 4) is 5.75 Å². The van der Waals surface area contributed by atoms with E-state index >= 15 is 0 Å². The molecule has 0 aliphatic heterocycles. The Balaban J connectivity index is 1.21. The van der Waals surface area contributed by atoms with Crippen molar-refractivity contribution in [3.63, 3.8) is 0 Å². The molecule has 16 nitrogen and oxygen atoms in total. The third kappa shape index (κ3) is 14.9. The number of anilines is 5. The van der Waals surface area contributed by atoms with Gasteiger partial charge in [-0.25, -0.2) is 0 Å². The van der Waals surface area contributed by atoms with Crippen LogP contribution in [0.3, 0.4) is 0 Å². The predicted molar refractivity (Wildman–Crippen MR) is 193 cm³/mol. The minimum Gasteiger partial charge on any atom is -0.508 e. The fraction of sp³-hybridized carbons (Fsp3) is 0.343. The van der Waals surface area contributed by atoms with Gasteiger partial charge in [0.1, 0.15) is 5.75 Å². The van der Waals surface area contributed by atoms with Gasteiger partial charge >= 0.3 is 0 Å². The second-order valence-corrected chi connectivity index (χ2v) is 10.7. The zero-order valence-electron chi connectivity index (χ0n) is 28.3. The quantitative estimate of drug-likeness (QED) is 0.0413. The van der Waals surface area contributed by atoms with E-state index in [2.05, 4.69) is 41.5 Å². The minimum absolute atomic E-state index is 0.135. The number of carbonyl (C=O) groups excluding carboxylic acids is 2. The Morgan fingerprint density at radius 2 is 1.00 bits per heavy atom. The molecule has 1 heterocycles. The number of benzene rings is 3. The number of hydrogen-bond donors (Lipinski definition) is 7. The molecule has 8 N–H and O–H groups in total. The molecule has 0 spiro atoms. The molecule has 3 aromatic carbocycles. The first-order chi connectivity index (χ1) is 25.0. The molecule has 0 aliphatic rings. The number of rotatable bonds is 24. The number of nitrogens with one attached hydrogen (secondary N) is 5. The number of aromatic nitrogens is 3. The second kappa shape index (κ2) is 22.4. The summed E-state index contributed by atoms with van der Waals surface area (Å²) in [5, 5.41) is 24.7. The zero-order valence-corrected chi connectivity index (χ0v) is 28.3. The van der Waals surface area contributed by atoms with Gasteiger partial charge in [-0.2, -0.15) is 15.0 Å². The Hall–Kier alpha value is -5.39. The number of hydrogen-bond acceptors (Lipinski definition) is 14. The largest absolute Gasteiger partial charge is 0.508 e. The predicted octanol–water partition coefficient (Wildman–Crippen LogP) is 2.66. The summed E-state index contributed by atoms with van der Waals surface area (Å²) in [6.07, 6.45) is 0. The van der Waals surface area contributed by atoms with Crippen LogP contribution in [-0.4, -0.2) is 111 Å². The first kappa shape index (κ1) is 38.4. The zero-order chi connectivity index (χ0) is 35.9. The molecule has 272 valence electrons. The minimum atomic E-state index is -0.224. The van der Waals surface area contributed by atoms with Gasteiger partial charge in [0.2, 0.25) is 17.8 Å². The van der Waals surface area contributed by atoms with Crippen molar-refractivity contribution in [3.05, 3.63) is 90.0 Å². The van der Waals surface area contributed by atoms with Crippen LogP contribution >= 0.6 is 0 Å². The van der Waals surface area contributed by atoms with Gasteiger partial charge in [0.15, 0.2) is 0 Å². The molecular weight excluding hydrogens is 658 g/mol. The third-order valence-corrected chi connectivity index (χ3v) is 6.80. The molecule has 16 heteroatoms. The van der Waals surface area contributed by atoms with Gasteiger partial charge in [0.25, 0.3) is 11.8 Å². The first-order valence-electron chi connectivity index (χ1n) is 16.6. The molecule has 0 unspecified atom stereocenters. The van der Waals surface area contributed by atoms with E-state index in [1.54, 1.807) is 60.7 Å². The summed E-state index contributed by atoms with van der Waals surface area (Å²) in [5.74, 6) is 0.586. The highest BCUT2D eigenvalue weighted by molar-refractivity contribution is 5.94. The number of amides is 2. The molecule has 0 aliphatic carbocycles. The summed E-state index contributed by atoms with van der Waals surface area (Å²) < 4.78 is 21.9. The van der Waals surface area contributed by atoms with Crippen molar-refractivity contribution in [2.24, 2.45) is 5.73 Å². The number of ether oxygens (including phenoxy) is 4. The Labute approximate surface area is 296 Å². The fourth-order valence-corrected chi connectivity index (χ4v) is 4.30. The van der Waals surface area contributed by atoms with E-state index in [0.29, 0.717) is 107 Å². The van der Waals surface area contributed by atoms with E-state index < -0.39 is 0 Å². The molecule has 0 saturated carbocycles. The summed E-state index contributed by atoms with van der Waals surface area (Å²) in [6.45, 7) is 4.86. The van der Waals surface area contributed by atoms with E-state index in [1.165, 1.54) is 0 Å². The Morgan fingerprint density at radius 1 is 0.549 bits per heavy atom. The average molecular weight is 704 g/mol. The van der Waals surface area contributed by atoms with Crippen molar-refractivity contribution in [1.82, 2.24) is 25.6 Å². The fourth-order valence-electron chi connectivity index (χ4n) is 4.30. The van der Waals surface area contributed by atoms with Crippen molar-refractivity contribution in [2.75, 3.05) is 95.0 Å². The first-order valence-corrected chi connectivity index (χ1v) is 16.6. The molecule has 1 aromatic heterocycles. The van der Waals surface area contributed by atoms with Crippen molar-refractivity contribution in [1.29, 1.82) is 0 Å². The third-order valence-electron chi connectivity index (χ3n) is 6.80. The van der Waals surface area contributed by atoms with Gasteiger partial charge in [-0.1, -0.05) is 18.2 Å². The van der Waals surface area contributed by atoms with Crippen molar-refractivity contribution >= 4 is 41.0 Å². The molecule has 0 atom stereocenters. The number of nitrogens with two attached hydrogens (primary N) is 1. The molecule has 4 rings (SSSR count). The number of phenolic OH excluding ortho intramolecular Hbond substituents is 1. The summed E-state index contributed by atoms with van der Waals surface area (Å²) in [4.78, 5) is 38.0. The van der Waals surface area contributed by atoms with Gasteiger partial charge < -0.3 is 56.4 Å². The average Bonchev–Trinajstić information content (AvgIpc) is 3.15. The van der Waals surface area contributed by atoms with Crippen LogP contribution in [0.15, 0.2) is 78.9 Å². The molecule has 0 saturated heterocycles. The monoisotopic (exact) mass is 703 g/mol. The van der Waals surface area contributed by atoms with Crippen LogP contribution in [0.5, 0.6) is 5.75 Å². The molecular formula is C35H45N9O7. The Bertz CT molecular complexity index is 1600. The summed E-state index contributed by atoms with van der Waals surface area (Å²) in [7, 11) is 0. The van der Waals surface area contributed by atoms with Crippen molar-refractivity contribution < 1.29 is 33.6 Å². The lowest BCUT2D eigenvalue weighted by atomic mass is 10.2. The van der Waals surface area contributed by atoms with Gasteiger partial charge in [-0.05, 0) is 60.7 Å². The Kier molecular flexibility index (Phi) is 16.8. The molecule has 4 aromatic rings. The van der Waals surface area contributed by atoms with E-state index in [-0.39, 0.29) is 29.5 Å². The van der Waals surface area contributed by atoms with Crippen LogP contribution in [0.1, 0.15) is 20.7 Å². The second-order valence-electron chi connectivity index (χ2n) is 10.7. The van der Waals surface area contributed by atoms with Crippen LogP contribution in [0.4, 0.5) is 29.2 Å². The van der Waals surface area contributed by atoms with Crippen LogP contribution in [-0.2, 0) is 18.9 Å². The van der Waals surface area contributed by atoms with Crippen LogP contribution in [0.2, 0.25) is 0 Å². The van der Waals surface area contributed by atoms with Gasteiger partial charge in [-0.3, -0.25) is 9.59 Å². The number of carbonyl (C=O) groups is 2. The van der Waals surface area contributed by atoms with Crippen LogP contribution in [0.25, 0.3) is 0 Å². The SMILES string of the molecule is NCCOCCOCCNC(=O)c1ccc(Nc2nc(NCCOCCOCCNC(=O)c3ccccc3)nc(Nc3ccc(O)cc3)n2)cc1. The number of nitrogens with zero attached hydrogens (tertiary/aromatic N) is 3. The van der Waals surface area contributed by atoms with Crippen LogP contribution < -0.4 is 32.3 Å². The maximum absolute atomic E-state index is 12.5. The van der Waals surface area contributed by atoms with E-state index in [9.17, 15) is 14.7 Å². The van der Waals surface area contributed by atoms with Crippen molar-refractivity contribution in [2.45, 2.75) is 0 Å². The normalized spacial score (nSPS) is 10.8. The molecule has 2 amide bonds. The standard InChI is InChI=1S/C35H45N9O7/c36-14-18-48-22-23-49-20-16-38-32(47)27-6-8-28(9-7-27)40-34-42-33(43-35(44-34)41-29-10-12-30(45)13-11-29)39-17-21-51-25-24-50-19-15-37-31(46)26-4-2-1-3-5-26/h1-13,45H,14-25,36H2,(H,37,46)(H,38,47)(H3,39,40,41,42,43,44). The maximum atomic E-state index is 12.5. The topological polar surface area (TPSA) is 216 Å². The molecule has 51 heavy (non-hydrogen) atoms. The number of aromatic hydroxyl groups is 1. The van der Waals surface area contributed by atoms with E-state index in [0.717, 1.165) is 0 Å². The highest BCUT2D eigenvalue weighted by Gasteiger charge is 2.10. The van der Waals surface area contributed by atoms with Gasteiger partial charge in [0, 0.05) is 48.7 Å². The highest BCUT2D eigenvalue weighted by atomic mass is 16.5. The Morgan fingerprint density at radius 3 is 1.53 bits per heavy atom. The number of phenols is 1. The molecule has 0 radical (unpaired) electrons. The van der Waals surface area contributed by atoms with E-state index in [1.807, 2.05) is 18.2 Å². The lowest BCUT2D eigenvalue weighted by Gasteiger charge is -2.12. The van der Waals surface area contributed by atoms with Gasteiger partial charge in [0.05, 0.1) is 52.9 Å².